The van der Waals surface area contributed by atoms with Gasteiger partial charge in [0.15, 0.2) is 0 Å². The van der Waals surface area contributed by atoms with Crippen molar-refractivity contribution in [3.05, 3.63) is 82.6 Å². The molecule has 7 nitrogen and oxygen atoms in total. The lowest BCUT2D eigenvalue weighted by Crippen LogP contribution is -2.02. The van der Waals surface area contributed by atoms with E-state index < -0.39 is 0 Å². The molecule has 1 N–H and O–H groups in total. The number of anilines is 2. The van der Waals surface area contributed by atoms with Crippen molar-refractivity contribution in [2.45, 2.75) is 25.8 Å². The number of para-hydroxylation sites is 1. The zero-order chi connectivity index (χ0) is 20.3. The topological polar surface area (TPSA) is 77.8 Å². The van der Waals surface area contributed by atoms with E-state index in [9.17, 15) is 0 Å². The molecule has 0 radical (unpaired) electrons. The molecule has 2 aromatic carbocycles. The molecule has 0 unspecified atom stereocenters. The van der Waals surface area contributed by atoms with Gasteiger partial charge < -0.3 is 14.6 Å². The normalized spacial score (nSPS) is 12.6. The van der Waals surface area contributed by atoms with Crippen molar-refractivity contribution in [3.8, 4) is 11.6 Å². The van der Waals surface area contributed by atoms with E-state index in [4.69, 9.17) is 4.74 Å². The predicted molar refractivity (Wildman–Crippen MR) is 117 cm³/mol. The maximum atomic E-state index is 5.85. The second-order valence-corrected chi connectivity index (χ2v) is 7.91. The molecule has 3 heterocycles. The number of fused-ring (bicyclic) bond motifs is 1. The zero-order valence-electron chi connectivity index (χ0n) is 16.1. The average molecular weight is 463 g/mol. The Balaban J connectivity index is 1.26. The van der Waals surface area contributed by atoms with E-state index >= 15 is 0 Å². The summed E-state index contributed by atoms with van der Waals surface area (Å²) >= 11 is 3.48. The summed E-state index contributed by atoms with van der Waals surface area (Å²) in [5.74, 6) is 3.97. The van der Waals surface area contributed by atoms with Crippen molar-refractivity contribution in [1.29, 1.82) is 0 Å². The average Bonchev–Trinajstić information content (AvgIpc) is 3.37. The highest BCUT2D eigenvalue weighted by Gasteiger charge is 2.17. The molecule has 0 saturated heterocycles. The van der Waals surface area contributed by atoms with Crippen LogP contribution in [0.2, 0.25) is 0 Å². The Morgan fingerprint density at radius 2 is 1.90 bits per heavy atom. The molecule has 4 aromatic rings. The minimum atomic E-state index is 0.469. The van der Waals surface area contributed by atoms with Gasteiger partial charge in [-0.15, -0.1) is 10.2 Å². The summed E-state index contributed by atoms with van der Waals surface area (Å²) in [6, 6.07) is 17.7. The Hall–Kier alpha value is -3.26. The molecule has 0 bridgehead atoms. The van der Waals surface area contributed by atoms with E-state index in [-0.39, 0.29) is 0 Å². The third-order valence-corrected chi connectivity index (χ3v) is 5.62. The lowest BCUT2D eigenvalue weighted by molar-refractivity contribution is 0.459. The first-order chi connectivity index (χ1) is 14.7. The van der Waals surface area contributed by atoms with Gasteiger partial charge in [-0.3, -0.25) is 0 Å². The Labute approximate surface area is 182 Å². The van der Waals surface area contributed by atoms with Crippen molar-refractivity contribution < 1.29 is 4.74 Å². The Bertz CT molecular complexity index is 1170. The Morgan fingerprint density at radius 1 is 1.03 bits per heavy atom. The van der Waals surface area contributed by atoms with Gasteiger partial charge in [0, 0.05) is 31.1 Å². The molecule has 0 spiro atoms. The number of nitrogens with one attached hydrogen (secondary N) is 1. The standard InChI is InChI=1S/C22H19BrN6O/c23-17-4-1-2-5-18(17)30-22-13-19(24-14-25-22)26-16-9-7-15(8-10-16)12-21-28-27-20-6-3-11-29(20)21/h1-2,4-5,7-10,13-14H,3,6,11-12H2,(H,24,25,26). The van der Waals surface area contributed by atoms with Gasteiger partial charge in [-0.1, -0.05) is 24.3 Å². The maximum absolute atomic E-state index is 5.85. The van der Waals surface area contributed by atoms with Crippen LogP contribution in [0.25, 0.3) is 0 Å². The van der Waals surface area contributed by atoms with Crippen LogP contribution in [0.1, 0.15) is 23.6 Å². The summed E-state index contributed by atoms with van der Waals surface area (Å²) in [7, 11) is 0. The molecule has 1 aliphatic rings. The van der Waals surface area contributed by atoms with E-state index in [0.29, 0.717) is 17.4 Å². The Kier molecular flexibility index (Phi) is 5.15. The lowest BCUT2D eigenvalue weighted by Gasteiger charge is -2.09. The highest BCUT2D eigenvalue weighted by atomic mass is 79.9. The highest BCUT2D eigenvalue weighted by Crippen LogP contribution is 2.29. The summed E-state index contributed by atoms with van der Waals surface area (Å²) in [5.41, 5.74) is 2.14. The van der Waals surface area contributed by atoms with Crippen molar-refractivity contribution >= 4 is 27.4 Å². The van der Waals surface area contributed by atoms with Gasteiger partial charge in [0.25, 0.3) is 0 Å². The molecule has 0 aliphatic carbocycles. The van der Waals surface area contributed by atoms with Crippen LogP contribution in [0, 0.1) is 0 Å². The van der Waals surface area contributed by atoms with Gasteiger partial charge in [-0.25, -0.2) is 9.97 Å². The minimum Gasteiger partial charge on any atom is -0.438 e. The van der Waals surface area contributed by atoms with E-state index in [1.54, 1.807) is 6.07 Å². The van der Waals surface area contributed by atoms with Gasteiger partial charge in [-0.05, 0) is 52.2 Å². The fourth-order valence-electron chi connectivity index (χ4n) is 3.48. The van der Waals surface area contributed by atoms with Gasteiger partial charge >= 0.3 is 0 Å². The summed E-state index contributed by atoms with van der Waals surface area (Å²) in [6.45, 7) is 1.02. The van der Waals surface area contributed by atoms with E-state index in [1.807, 2.05) is 36.4 Å². The molecule has 2 aromatic heterocycles. The van der Waals surface area contributed by atoms with E-state index in [1.165, 1.54) is 11.9 Å². The second-order valence-electron chi connectivity index (χ2n) is 7.06. The van der Waals surface area contributed by atoms with Crippen LogP contribution in [0.15, 0.2) is 65.4 Å². The first-order valence-corrected chi connectivity index (χ1v) is 10.6. The molecule has 30 heavy (non-hydrogen) atoms. The van der Waals surface area contributed by atoms with Crippen molar-refractivity contribution in [2.24, 2.45) is 0 Å². The van der Waals surface area contributed by atoms with Crippen molar-refractivity contribution in [2.75, 3.05) is 5.32 Å². The van der Waals surface area contributed by atoms with Crippen LogP contribution in [0.4, 0.5) is 11.5 Å². The first kappa shape index (κ1) is 18.7. The SMILES string of the molecule is Brc1ccccc1Oc1cc(Nc2ccc(Cc3nnc4n3CCC4)cc2)ncn1. The van der Waals surface area contributed by atoms with Crippen LogP contribution in [-0.4, -0.2) is 24.7 Å². The van der Waals surface area contributed by atoms with Crippen LogP contribution < -0.4 is 10.1 Å². The van der Waals surface area contributed by atoms with Crippen molar-refractivity contribution in [1.82, 2.24) is 24.7 Å². The monoisotopic (exact) mass is 462 g/mol. The summed E-state index contributed by atoms with van der Waals surface area (Å²) in [4.78, 5) is 8.48. The number of aryl methyl sites for hydroxylation is 1. The van der Waals surface area contributed by atoms with Crippen LogP contribution >= 0.6 is 15.9 Å². The fourth-order valence-corrected chi connectivity index (χ4v) is 3.85. The van der Waals surface area contributed by atoms with Crippen LogP contribution in [0.3, 0.4) is 0 Å². The molecule has 0 atom stereocenters. The maximum Gasteiger partial charge on any atom is 0.224 e. The predicted octanol–water partition coefficient (Wildman–Crippen LogP) is 4.90. The minimum absolute atomic E-state index is 0.469. The first-order valence-electron chi connectivity index (χ1n) is 9.76. The van der Waals surface area contributed by atoms with Crippen LogP contribution in [-0.2, 0) is 19.4 Å². The zero-order valence-corrected chi connectivity index (χ0v) is 17.7. The molecule has 150 valence electrons. The third-order valence-electron chi connectivity index (χ3n) is 4.97. The number of hydrogen-bond donors (Lipinski definition) is 1. The lowest BCUT2D eigenvalue weighted by atomic mass is 10.1. The molecule has 0 fully saturated rings. The number of ether oxygens (including phenoxy) is 1. The summed E-state index contributed by atoms with van der Waals surface area (Å²) < 4.78 is 8.95. The van der Waals surface area contributed by atoms with Crippen LogP contribution in [0.5, 0.6) is 11.6 Å². The summed E-state index contributed by atoms with van der Waals surface area (Å²) in [6.07, 6.45) is 4.45. The van der Waals surface area contributed by atoms with Gasteiger partial charge in [0.05, 0.1) is 4.47 Å². The van der Waals surface area contributed by atoms with Crippen molar-refractivity contribution in [3.63, 3.8) is 0 Å². The third kappa shape index (κ3) is 4.04. The van der Waals surface area contributed by atoms with Gasteiger partial charge in [-0.2, -0.15) is 0 Å². The smallest absolute Gasteiger partial charge is 0.224 e. The Morgan fingerprint density at radius 3 is 2.77 bits per heavy atom. The molecule has 0 amide bonds. The summed E-state index contributed by atoms with van der Waals surface area (Å²) in [5, 5.41) is 11.9. The molecule has 0 saturated carbocycles. The second kappa shape index (κ2) is 8.23. The number of benzene rings is 2. The number of rotatable bonds is 6. The molecular weight excluding hydrogens is 444 g/mol. The molecular formula is C22H19BrN6O. The fraction of sp³-hybridized carbons (Fsp3) is 0.182. The van der Waals surface area contributed by atoms with Gasteiger partial charge in [0.1, 0.15) is 29.5 Å². The molecule has 8 heteroatoms. The largest absolute Gasteiger partial charge is 0.438 e. The van der Waals surface area contributed by atoms with Gasteiger partial charge in [0.2, 0.25) is 5.88 Å². The number of nitrogens with zero attached hydrogens (tertiary/aromatic N) is 5. The quantitative estimate of drug-likeness (QED) is 0.438. The van der Waals surface area contributed by atoms with E-state index in [0.717, 1.165) is 47.6 Å². The number of aromatic nitrogens is 5. The molecule has 5 rings (SSSR count). The number of halogens is 1. The molecule has 1 aliphatic heterocycles. The highest BCUT2D eigenvalue weighted by molar-refractivity contribution is 9.10. The number of hydrogen-bond acceptors (Lipinski definition) is 6. The van der Waals surface area contributed by atoms with E-state index in [2.05, 4.69) is 58.1 Å².